The van der Waals surface area contributed by atoms with Crippen molar-refractivity contribution in [3.05, 3.63) is 0 Å². The molecule has 0 aromatic heterocycles. The van der Waals surface area contributed by atoms with Crippen molar-refractivity contribution >= 4 is 5.97 Å². The maximum absolute atomic E-state index is 12.7. The largest absolute Gasteiger partial charge is 0.480 e. The first-order chi connectivity index (χ1) is 5.47. The van der Waals surface area contributed by atoms with E-state index in [1.807, 2.05) is 0 Å². The van der Waals surface area contributed by atoms with Crippen LogP contribution < -0.4 is 5.32 Å². The van der Waals surface area contributed by atoms with E-state index in [2.05, 4.69) is 5.32 Å². The van der Waals surface area contributed by atoms with Crippen LogP contribution in [0.5, 0.6) is 0 Å². The predicted molar refractivity (Wildman–Crippen MR) is 36.0 cm³/mol. The summed E-state index contributed by atoms with van der Waals surface area (Å²) in [6.07, 6.45) is -0.0912. The molecule has 12 heavy (non-hydrogen) atoms. The standard InChI is InChI=1S/C7H9F2NO2/c8-7(9)2-6(7)1-4(5(11)12)10-3-6/h4,10H,1-3H2,(H,11,12)/t4-,6?/m0/s1. The molecule has 1 saturated carbocycles. The Morgan fingerprint density at radius 2 is 2.17 bits per heavy atom. The smallest absolute Gasteiger partial charge is 0.320 e. The molecule has 2 rings (SSSR count). The van der Waals surface area contributed by atoms with Gasteiger partial charge in [-0.3, -0.25) is 4.79 Å². The van der Waals surface area contributed by atoms with Crippen molar-refractivity contribution < 1.29 is 18.7 Å². The number of alkyl halides is 2. The van der Waals surface area contributed by atoms with Gasteiger partial charge in [0.2, 0.25) is 0 Å². The highest BCUT2D eigenvalue weighted by molar-refractivity contribution is 5.74. The molecule has 2 fully saturated rings. The average molecular weight is 177 g/mol. The van der Waals surface area contributed by atoms with Crippen LogP contribution in [-0.2, 0) is 4.79 Å². The molecule has 0 aromatic rings. The monoisotopic (exact) mass is 177 g/mol. The third-order valence-electron chi connectivity index (χ3n) is 2.79. The number of rotatable bonds is 1. The van der Waals surface area contributed by atoms with E-state index in [4.69, 9.17) is 5.11 Å². The fourth-order valence-electron chi connectivity index (χ4n) is 1.82. The summed E-state index contributed by atoms with van der Waals surface area (Å²) in [6.45, 7) is 0.136. The number of carbonyl (C=O) groups is 1. The first-order valence-electron chi connectivity index (χ1n) is 3.81. The van der Waals surface area contributed by atoms with E-state index in [0.717, 1.165) is 0 Å². The van der Waals surface area contributed by atoms with Crippen LogP contribution in [-0.4, -0.2) is 29.6 Å². The molecule has 1 saturated heterocycles. The SMILES string of the molecule is O=C(O)[C@@H]1CC2(CN1)CC2(F)F. The Morgan fingerprint density at radius 1 is 1.58 bits per heavy atom. The third-order valence-corrected chi connectivity index (χ3v) is 2.79. The Balaban J connectivity index is 2.05. The molecule has 2 atom stereocenters. The van der Waals surface area contributed by atoms with Crippen LogP contribution in [0.3, 0.4) is 0 Å². The van der Waals surface area contributed by atoms with E-state index in [1.54, 1.807) is 0 Å². The van der Waals surface area contributed by atoms with Gasteiger partial charge in [0.05, 0.1) is 5.41 Å². The van der Waals surface area contributed by atoms with E-state index in [0.29, 0.717) is 0 Å². The summed E-state index contributed by atoms with van der Waals surface area (Å²) in [5.74, 6) is -3.67. The van der Waals surface area contributed by atoms with E-state index in [-0.39, 0.29) is 19.4 Å². The zero-order valence-corrected chi connectivity index (χ0v) is 6.31. The molecule has 2 aliphatic rings. The Kier molecular flexibility index (Phi) is 1.29. The van der Waals surface area contributed by atoms with Gasteiger partial charge in [-0.1, -0.05) is 0 Å². The van der Waals surface area contributed by atoms with E-state index in [9.17, 15) is 13.6 Å². The maximum Gasteiger partial charge on any atom is 0.320 e. The van der Waals surface area contributed by atoms with Crippen LogP contribution in [0.2, 0.25) is 0 Å². The summed E-state index contributed by atoms with van der Waals surface area (Å²) in [4.78, 5) is 10.4. The number of hydrogen-bond acceptors (Lipinski definition) is 2. The second-order valence-electron chi connectivity index (χ2n) is 3.64. The lowest BCUT2D eigenvalue weighted by Crippen LogP contribution is -2.29. The fraction of sp³-hybridized carbons (Fsp3) is 0.857. The van der Waals surface area contributed by atoms with E-state index >= 15 is 0 Å². The lowest BCUT2D eigenvalue weighted by Gasteiger charge is -2.04. The minimum atomic E-state index is -2.63. The third kappa shape index (κ3) is 0.857. The minimum Gasteiger partial charge on any atom is -0.480 e. The van der Waals surface area contributed by atoms with Crippen LogP contribution >= 0.6 is 0 Å². The highest BCUT2D eigenvalue weighted by Gasteiger charge is 2.73. The number of nitrogens with one attached hydrogen (secondary N) is 1. The van der Waals surface area contributed by atoms with Gasteiger partial charge in [0.1, 0.15) is 6.04 Å². The zero-order chi connectivity index (χ0) is 8.98. The van der Waals surface area contributed by atoms with Crippen LogP contribution in [0.4, 0.5) is 8.78 Å². The second kappa shape index (κ2) is 1.96. The Morgan fingerprint density at radius 3 is 2.42 bits per heavy atom. The van der Waals surface area contributed by atoms with Crippen molar-refractivity contribution in [2.24, 2.45) is 5.41 Å². The molecule has 5 heteroatoms. The lowest BCUT2D eigenvalue weighted by molar-refractivity contribution is -0.139. The normalized spacial score (nSPS) is 43.3. The van der Waals surface area contributed by atoms with Gasteiger partial charge in [-0.25, -0.2) is 8.78 Å². The molecule has 3 nitrogen and oxygen atoms in total. The number of hydrogen-bond donors (Lipinski definition) is 2. The molecule has 1 spiro atoms. The first-order valence-corrected chi connectivity index (χ1v) is 3.81. The summed E-state index contributed by atoms with van der Waals surface area (Å²) in [5, 5.41) is 11.1. The molecular formula is C7H9F2NO2. The highest BCUT2D eigenvalue weighted by Crippen LogP contribution is 2.64. The van der Waals surface area contributed by atoms with Crippen LogP contribution in [0.15, 0.2) is 0 Å². The summed E-state index contributed by atoms with van der Waals surface area (Å²) >= 11 is 0. The van der Waals surface area contributed by atoms with E-state index < -0.39 is 23.3 Å². The summed E-state index contributed by atoms with van der Waals surface area (Å²) in [7, 11) is 0. The van der Waals surface area contributed by atoms with Gasteiger partial charge in [0.15, 0.2) is 0 Å². The van der Waals surface area contributed by atoms with Crippen LogP contribution in [0, 0.1) is 5.41 Å². The Bertz CT molecular complexity index is 244. The number of halogens is 2. The predicted octanol–water partition coefficient (Wildman–Crippen LogP) is 0.458. The van der Waals surface area contributed by atoms with Crippen molar-refractivity contribution in [1.29, 1.82) is 0 Å². The van der Waals surface area contributed by atoms with E-state index in [1.165, 1.54) is 0 Å². The lowest BCUT2D eigenvalue weighted by atomic mass is 10.0. The molecule has 1 aliphatic carbocycles. The molecular weight excluding hydrogens is 168 g/mol. The van der Waals surface area contributed by atoms with Gasteiger partial charge in [-0.2, -0.15) is 0 Å². The molecule has 0 aromatic carbocycles. The summed E-state index contributed by atoms with van der Waals surface area (Å²) < 4.78 is 25.4. The second-order valence-corrected chi connectivity index (χ2v) is 3.64. The van der Waals surface area contributed by atoms with Gasteiger partial charge >= 0.3 is 5.97 Å². The van der Waals surface area contributed by atoms with Crippen molar-refractivity contribution in [3.8, 4) is 0 Å². The van der Waals surface area contributed by atoms with Crippen molar-refractivity contribution in [2.75, 3.05) is 6.54 Å². The van der Waals surface area contributed by atoms with Crippen LogP contribution in [0.1, 0.15) is 12.8 Å². The average Bonchev–Trinajstić information content (AvgIpc) is 2.38. The zero-order valence-electron chi connectivity index (χ0n) is 6.31. The Labute approximate surface area is 67.8 Å². The minimum absolute atomic E-state index is 0.0648. The molecule has 1 unspecified atom stereocenters. The van der Waals surface area contributed by atoms with Crippen LogP contribution in [0.25, 0.3) is 0 Å². The van der Waals surface area contributed by atoms with Crippen molar-refractivity contribution in [2.45, 2.75) is 24.8 Å². The number of carboxylic acids is 1. The quantitative estimate of drug-likeness (QED) is 0.611. The van der Waals surface area contributed by atoms with Gasteiger partial charge in [-0.05, 0) is 6.42 Å². The van der Waals surface area contributed by atoms with Crippen molar-refractivity contribution in [3.63, 3.8) is 0 Å². The maximum atomic E-state index is 12.7. The van der Waals surface area contributed by atoms with Gasteiger partial charge < -0.3 is 10.4 Å². The number of carboxylic acid groups (broad SMARTS) is 1. The molecule has 68 valence electrons. The van der Waals surface area contributed by atoms with Gasteiger partial charge in [0.25, 0.3) is 5.92 Å². The molecule has 0 bridgehead atoms. The molecule has 1 heterocycles. The molecule has 0 radical (unpaired) electrons. The van der Waals surface area contributed by atoms with Gasteiger partial charge in [0, 0.05) is 13.0 Å². The number of aliphatic carboxylic acids is 1. The first kappa shape index (κ1) is 7.91. The molecule has 1 aliphatic heterocycles. The topological polar surface area (TPSA) is 49.3 Å². The summed E-state index contributed by atoms with van der Waals surface area (Å²) in [5.41, 5.74) is -1.03. The molecule has 0 amide bonds. The molecule has 2 N–H and O–H groups in total. The summed E-state index contributed by atoms with van der Waals surface area (Å²) in [6, 6.07) is -0.779. The van der Waals surface area contributed by atoms with Gasteiger partial charge in [-0.15, -0.1) is 0 Å². The Hall–Kier alpha value is -0.710. The van der Waals surface area contributed by atoms with Crippen molar-refractivity contribution in [1.82, 2.24) is 5.32 Å². The highest BCUT2D eigenvalue weighted by atomic mass is 19.3. The fourth-order valence-corrected chi connectivity index (χ4v) is 1.82.